The zero-order chi connectivity index (χ0) is 19.7. The summed E-state index contributed by atoms with van der Waals surface area (Å²) in [7, 11) is 0. The Morgan fingerprint density at radius 2 is 1.57 bits per heavy atom. The lowest BCUT2D eigenvalue weighted by Crippen LogP contribution is -2.33. The van der Waals surface area contributed by atoms with E-state index < -0.39 is 0 Å². The number of hydrogen-bond acceptors (Lipinski definition) is 3. The van der Waals surface area contributed by atoms with Crippen LogP contribution in [0, 0.1) is 0 Å². The number of nitrogens with one attached hydrogen (secondary N) is 1. The van der Waals surface area contributed by atoms with Crippen LogP contribution in [-0.2, 0) is 0 Å². The molecule has 3 aromatic rings. The number of rotatable bonds is 3. The third-order valence-electron chi connectivity index (χ3n) is 4.75. The van der Waals surface area contributed by atoms with E-state index in [1.807, 2.05) is 36.4 Å². The molecule has 142 valence electrons. The highest BCUT2D eigenvalue weighted by atomic mass is 79.9. The zero-order valence-corrected chi connectivity index (χ0v) is 19.5. The SMILES string of the molecule is Oc1ccc(Br)cc1[C@H]1CC(c2cccc(Br)c2)=N[C@H](c2ccc(Br)cc2)N1. The van der Waals surface area contributed by atoms with Gasteiger partial charge in [-0.1, -0.05) is 72.1 Å². The lowest BCUT2D eigenvalue weighted by molar-refractivity contribution is 0.412. The molecule has 1 heterocycles. The number of hydrogen-bond donors (Lipinski definition) is 2. The van der Waals surface area contributed by atoms with Gasteiger partial charge < -0.3 is 5.11 Å². The average molecular weight is 565 g/mol. The highest BCUT2D eigenvalue weighted by Crippen LogP contribution is 2.36. The van der Waals surface area contributed by atoms with Crippen molar-refractivity contribution in [3.8, 4) is 5.75 Å². The zero-order valence-electron chi connectivity index (χ0n) is 14.7. The molecule has 0 saturated carbocycles. The number of phenolic OH excluding ortho intramolecular Hbond substituents is 1. The Kier molecular flexibility index (Phi) is 6.01. The lowest BCUT2D eigenvalue weighted by Gasteiger charge is -2.31. The molecular formula is C22H17Br3N2O. The van der Waals surface area contributed by atoms with Gasteiger partial charge in [-0.2, -0.15) is 0 Å². The molecule has 3 aromatic carbocycles. The number of phenols is 1. The molecule has 0 radical (unpaired) electrons. The predicted octanol–water partition coefficient (Wildman–Crippen LogP) is 6.90. The number of nitrogens with zero attached hydrogens (tertiary/aromatic N) is 1. The molecule has 0 aromatic heterocycles. The van der Waals surface area contributed by atoms with Gasteiger partial charge in [0.25, 0.3) is 0 Å². The first-order chi connectivity index (χ1) is 13.5. The van der Waals surface area contributed by atoms with Crippen molar-refractivity contribution in [3.63, 3.8) is 0 Å². The summed E-state index contributed by atoms with van der Waals surface area (Å²) in [5.41, 5.74) is 4.03. The van der Waals surface area contributed by atoms with Crippen LogP contribution in [0.2, 0.25) is 0 Å². The van der Waals surface area contributed by atoms with Gasteiger partial charge >= 0.3 is 0 Å². The van der Waals surface area contributed by atoms with Crippen LogP contribution in [0.5, 0.6) is 5.75 Å². The molecule has 0 saturated heterocycles. The standard InChI is InChI=1S/C22H17Br3N2O/c23-15-6-4-13(5-7-15)22-26-19(14-2-1-3-16(24)10-14)12-20(27-22)18-11-17(25)8-9-21(18)28/h1-11,20,22,27-28H,12H2/t20-,22+/m1/s1. The Morgan fingerprint density at radius 3 is 2.32 bits per heavy atom. The van der Waals surface area contributed by atoms with Crippen LogP contribution in [-0.4, -0.2) is 10.8 Å². The molecular weight excluding hydrogens is 548 g/mol. The number of benzene rings is 3. The highest BCUT2D eigenvalue weighted by molar-refractivity contribution is 9.11. The van der Waals surface area contributed by atoms with Gasteiger partial charge in [-0.25, -0.2) is 0 Å². The molecule has 2 N–H and O–H groups in total. The van der Waals surface area contributed by atoms with Crippen molar-refractivity contribution in [2.75, 3.05) is 0 Å². The Bertz CT molecular complexity index is 1030. The molecule has 0 spiro atoms. The fourth-order valence-corrected chi connectivity index (χ4v) is 4.41. The van der Waals surface area contributed by atoms with Gasteiger partial charge in [0, 0.05) is 37.2 Å². The van der Waals surface area contributed by atoms with Crippen molar-refractivity contribution in [2.45, 2.75) is 18.6 Å². The number of aromatic hydroxyl groups is 1. The summed E-state index contributed by atoms with van der Waals surface area (Å²) in [6.45, 7) is 0. The van der Waals surface area contributed by atoms with Gasteiger partial charge in [-0.05, 0) is 53.6 Å². The first-order valence-electron chi connectivity index (χ1n) is 8.82. The number of aliphatic imine (C=N–C) groups is 1. The van der Waals surface area contributed by atoms with Gasteiger partial charge in [-0.15, -0.1) is 0 Å². The molecule has 2 atom stereocenters. The van der Waals surface area contributed by atoms with Crippen LogP contribution in [0.15, 0.2) is 85.1 Å². The Morgan fingerprint density at radius 1 is 0.857 bits per heavy atom. The van der Waals surface area contributed by atoms with Crippen molar-refractivity contribution < 1.29 is 5.11 Å². The van der Waals surface area contributed by atoms with Crippen molar-refractivity contribution in [1.82, 2.24) is 5.32 Å². The van der Waals surface area contributed by atoms with Crippen LogP contribution in [0.3, 0.4) is 0 Å². The summed E-state index contributed by atoms with van der Waals surface area (Å²) < 4.78 is 2.99. The largest absolute Gasteiger partial charge is 0.508 e. The fraction of sp³-hybridized carbons (Fsp3) is 0.136. The molecule has 0 fully saturated rings. The first-order valence-corrected chi connectivity index (χ1v) is 11.2. The second kappa shape index (κ2) is 8.49. The quantitative estimate of drug-likeness (QED) is 0.363. The lowest BCUT2D eigenvalue weighted by atomic mass is 9.93. The normalized spacial score (nSPS) is 19.3. The van der Waals surface area contributed by atoms with E-state index in [-0.39, 0.29) is 18.0 Å². The van der Waals surface area contributed by atoms with Gasteiger partial charge in [0.2, 0.25) is 0 Å². The average Bonchev–Trinajstić information content (AvgIpc) is 2.70. The van der Waals surface area contributed by atoms with E-state index in [1.54, 1.807) is 6.07 Å². The minimum absolute atomic E-state index is 0.0578. The van der Waals surface area contributed by atoms with Crippen molar-refractivity contribution in [2.24, 2.45) is 4.99 Å². The maximum atomic E-state index is 10.5. The summed E-state index contributed by atoms with van der Waals surface area (Å²) in [6.07, 6.45) is 0.493. The Labute approximate surface area is 189 Å². The smallest absolute Gasteiger partial charge is 0.126 e. The maximum absolute atomic E-state index is 10.5. The van der Waals surface area contributed by atoms with E-state index in [1.165, 1.54) is 0 Å². The van der Waals surface area contributed by atoms with Crippen molar-refractivity contribution >= 4 is 53.5 Å². The second-order valence-corrected chi connectivity index (χ2v) is 9.41. The van der Waals surface area contributed by atoms with Crippen LogP contribution >= 0.6 is 47.8 Å². The summed E-state index contributed by atoms with van der Waals surface area (Å²) in [5.74, 6) is 0.283. The van der Waals surface area contributed by atoms with Gasteiger partial charge in [0.15, 0.2) is 0 Å². The summed E-state index contributed by atoms with van der Waals surface area (Å²) in [5, 5.41) is 14.1. The van der Waals surface area contributed by atoms with E-state index in [9.17, 15) is 5.11 Å². The Balaban J connectivity index is 1.77. The van der Waals surface area contributed by atoms with E-state index in [2.05, 4.69) is 77.4 Å². The molecule has 0 unspecified atom stereocenters. The molecule has 0 aliphatic carbocycles. The van der Waals surface area contributed by atoms with E-state index >= 15 is 0 Å². The molecule has 28 heavy (non-hydrogen) atoms. The molecule has 0 amide bonds. The Hall–Kier alpha value is -1.47. The fourth-order valence-electron chi connectivity index (χ4n) is 3.37. The topological polar surface area (TPSA) is 44.6 Å². The van der Waals surface area contributed by atoms with E-state index in [0.29, 0.717) is 6.42 Å². The van der Waals surface area contributed by atoms with Crippen molar-refractivity contribution in [1.29, 1.82) is 0 Å². The van der Waals surface area contributed by atoms with Crippen LogP contribution in [0.25, 0.3) is 0 Å². The monoisotopic (exact) mass is 562 g/mol. The van der Waals surface area contributed by atoms with Crippen molar-refractivity contribution in [3.05, 3.63) is 96.8 Å². The van der Waals surface area contributed by atoms with Gasteiger partial charge in [0.1, 0.15) is 11.9 Å². The van der Waals surface area contributed by atoms with Gasteiger partial charge in [0.05, 0.1) is 0 Å². The molecule has 1 aliphatic heterocycles. The first kappa shape index (κ1) is 19.8. The molecule has 6 heteroatoms. The second-order valence-electron chi connectivity index (χ2n) is 6.67. The van der Waals surface area contributed by atoms with Crippen LogP contribution < -0.4 is 5.32 Å². The minimum atomic E-state index is -0.195. The third kappa shape index (κ3) is 4.40. The van der Waals surface area contributed by atoms with Crippen LogP contribution in [0.4, 0.5) is 0 Å². The summed E-state index contributed by atoms with van der Waals surface area (Å²) in [4.78, 5) is 5.00. The third-order valence-corrected chi connectivity index (χ3v) is 6.27. The summed E-state index contributed by atoms with van der Waals surface area (Å²) >= 11 is 10.6. The highest BCUT2D eigenvalue weighted by Gasteiger charge is 2.27. The van der Waals surface area contributed by atoms with Gasteiger partial charge in [-0.3, -0.25) is 10.3 Å². The van der Waals surface area contributed by atoms with Crippen LogP contribution in [0.1, 0.15) is 35.3 Å². The maximum Gasteiger partial charge on any atom is 0.126 e. The molecule has 0 bridgehead atoms. The molecule has 4 rings (SSSR count). The number of halogens is 3. The predicted molar refractivity (Wildman–Crippen MR) is 124 cm³/mol. The summed E-state index contributed by atoms with van der Waals surface area (Å²) in [6, 6.07) is 21.8. The molecule has 1 aliphatic rings. The minimum Gasteiger partial charge on any atom is -0.508 e. The van der Waals surface area contributed by atoms with E-state index in [4.69, 9.17) is 4.99 Å². The molecule has 3 nitrogen and oxygen atoms in total. The van der Waals surface area contributed by atoms with E-state index in [0.717, 1.165) is 35.8 Å².